The Bertz CT molecular complexity index is 3080. The average molecular weight is 1240 g/mol. The lowest BCUT2D eigenvalue weighted by atomic mass is 9.38. The fraction of sp³-hybridized carbons (Fsp3) is 0.771. The van der Waals surface area contributed by atoms with Crippen LogP contribution >= 0.6 is 21.6 Å². The number of aliphatic hydroxyl groups excluding tert-OH is 5. The summed E-state index contributed by atoms with van der Waals surface area (Å²) in [7, 11) is 2.51. The van der Waals surface area contributed by atoms with Crippen molar-refractivity contribution in [1.29, 1.82) is 0 Å². The summed E-state index contributed by atoms with van der Waals surface area (Å²) >= 11 is 0. The topological polar surface area (TPSA) is 253 Å². The number of hydrogen-bond acceptors (Lipinski definition) is 16. The van der Waals surface area contributed by atoms with E-state index in [4.69, 9.17) is 9.47 Å². The summed E-state index contributed by atoms with van der Waals surface area (Å²) in [6.45, 7) is 8.13. The van der Waals surface area contributed by atoms with Crippen LogP contribution in [0.25, 0.3) is 0 Å². The van der Waals surface area contributed by atoms with Crippen LogP contribution in [0, 0.1) is 86.3 Å². The Morgan fingerprint density at radius 2 is 1.71 bits per heavy atom. The number of fused-ring (bicyclic) bond motifs is 4. The van der Waals surface area contributed by atoms with E-state index in [1.165, 1.54) is 16.4 Å². The van der Waals surface area contributed by atoms with Crippen molar-refractivity contribution in [3.05, 3.63) is 71.4 Å². The van der Waals surface area contributed by atoms with Crippen molar-refractivity contribution in [1.82, 2.24) is 5.32 Å². The van der Waals surface area contributed by atoms with Gasteiger partial charge in [0.25, 0.3) is 0 Å². The number of anilines is 1. The molecule has 9 fully saturated rings. The highest BCUT2D eigenvalue weighted by molar-refractivity contribution is 8.76. The Labute approximate surface area is 521 Å². The molecule has 15 nitrogen and oxygen atoms in total. The minimum atomic E-state index is -2.04. The standard InChI is InChI=1S/C70H96N2O13S2/c1-38(2)39(3)57-59(85-57)68(82)19-8-13-43-28-50-51-31-55(76)67(32-56(77)65(81,37-74)35-62(50,67)4)61(80)87-86-34-45-12-7-11-44(33-73)70(45)60(79)72(46-24-40(25-47(75)29-46)14-21-66(43)54(68)16-22-69(51,66)83)36-63(70)20-15-48(58(63)78)52-27-42-26-41-10-9-23-84-53(41)30-49(42)64(71-52)17-5-6-18-64/h8-10,13,24-26,29,31,38-39,42-45,48-50,52-54,56-59,61,71,73-75,77-78,80-83H,5-7,11-12,14-23,27-28,30,32-37H2,1-4H3/t39-,42+,43+,44+,45-,48+,49-,50+,52+,53+,54+,56-,57+,58+,59-,61+,62-,63-,65-,66-,67+,68-,69-,70+/m1/s1. The Morgan fingerprint density at radius 1 is 0.908 bits per heavy atom. The normalized spacial score (nSPS) is 50.6. The first kappa shape index (κ1) is 60.6. The third-order valence-corrected chi connectivity index (χ3v) is 30.9. The second-order valence-electron chi connectivity index (χ2n) is 31.6. The van der Waals surface area contributed by atoms with E-state index in [0.717, 1.165) is 61.3 Å². The number of hydrogen-bond donors (Lipinski definition) is 10. The summed E-state index contributed by atoms with van der Waals surface area (Å²) in [4.78, 5) is 34.7. The molecule has 7 aliphatic heterocycles. The number of benzene rings is 1. The Balaban J connectivity index is 0.875. The van der Waals surface area contributed by atoms with Crippen molar-refractivity contribution < 1.29 is 65.0 Å². The lowest BCUT2D eigenvalue weighted by Gasteiger charge is -2.68. The SMILES string of the molecule is CC(C)[C@@H](C)[C@@H]1O[C@H]1[C@@]1(O)CC=C[C@H]2C[C@H]3C4=CC(=O)[C@@]5(C[C@@H](O)[C@](O)(CO)C[C@]35C)[C@@H](O)SSC[C@H]3CCC[C@@H](CO)[C@@]35C(=O)N(C[C@@]53CC[C@@H]([C@@H]5C[C@@H]6C=C7C=CCO[C@H]7C[C@H]6C6(CCCC6)N5)[C@@H]3O)c3cc(O)cc(c3)CC[C@]23[C@@H]1CC[C@@]43O. The first-order chi connectivity index (χ1) is 41.5. The smallest absolute Gasteiger partial charge is 0.234 e. The number of aryl methyl sites for hydroxylation is 1. The zero-order valence-corrected chi connectivity index (χ0v) is 53.0. The number of rotatable bonds is 6. The molecular weight excluding hydrogens is 1140 g/mol. The van der Waals surface area contributed by atoms with Crippen molar-refractivity contribution in [3.8, 4) is 5.75 Å². The zero-order valence-electron chi connectivity index (χ0n) is 51.4. The number of aliphatic hydroxyl groups is 8. The number of ether oxygens (including phenoxy) is 2. The molecule has 6 saturated carbocycles. The number of carbonyl (C=O) groups excluding carboxylic acids is 2. The number of phenols is 1. The van der Waals surface area contributed by atoms with Crippen LogP contribution in [0.15, 0.2) is 65.8 Å². The largest absolute Gasteiger partial charge is 0.508 e. The molecule has 87 heavy (non-hydrogen) atoms. The van der Waals surface area contributed by atoms with Crippen molar-refractivity contribution in [2.75, 3.05) is 37.0 Å². The van der Waals surface area contributed by atoms with Gasteiger partial charge in [-0.05, 0) is 190 Å². The van der Waals surface area contributed by atoms with E-state index in [-0.39, 0.29) is 92.0 Å². The lowest BCUT2D eigenvalue weighted by molar-refractivity contribution is -0.235. The molecule has 1 amide bonds. The van der Waals surface area contributed by atoms with Crippen LogP contribution in [0.5, 0.6) is 5.75 Å². The van der Waals surface area contributed by atoms with Gasteiger partial charge in [-0.15, -0.1) is 0 Å². The fourth-order valence-electron chi connectivity index (χ4n) is 24.0. The number of phenolic OH excluding ortho intramolecular Hbond substituents is 1. The maximum atomic E-state index is 16.8. The van der Waals surface area contributed by atoms with Gasteiger partial charge in [-0.25, -0.2) is 0 Å². The van der Waals surface area contributed by atoms with Crippen LogP contribution in [-0.2, 0) is 25.5 Å². The van der Waals surface area contributed by atoms with Gasteiger partial charge < -0.3 is 65.6 Å². The second-order valence-corrected chi connectivity index (χ2v) is 34.0. The first-order valence-corrected chi connectivity index (χ1v) is 36.2. The molecule has 1 aromatic carbocycles. The summed E-state index contributed by atoms with van der Waals surface area (Å²) in [5.41, 5.74) is -10.2. The molecule has 16 aliphatic rings. The molecule has 7 heterocycles. The first-order valence-electron chi connectivity index (χ1n) is 33.8. The summed E-state index contributed by atoms with van der Waals surface area (Å²) in [5.74, 6) is -1.90. The molecule has 5 spiro atoms. The lowest BCUT2D eigenvalue weighted by Crippen LogP contribution is -2.72. The van der Waals surface area contributed by atoms with E-state index in [1.54, 1.807) is 18.2 Å². The van der Waals surface area contributed by atoms with Crippen LogP contribution in [-0.4, -0.2) is 154 Å². The quantitative estimate of drug-likeness (QED) is 0.0747. The minimum absolute atomic E-state index is 0.0277. The minimum Gasteiger partial charge on any atom is -0.508 e. The Morgan fingerprint density at radius 3 is 2.48 bits per heavy atom. The van der Waals surface area contributed by atoms with Crippen molar-refractivity contribution in [3.63, 3.8) is 0 Å². The number of piperidine rings is 1. The predicted octanol–water partition coefficient (Wildman–Crippen LogP) is 7.62. The van der Waals surface area contributed by atoms with Gasteiger partial charge in [0.1, 0.15) is 28.5 Å². The van der Waals surface area contributed by atoms with E-state index >= 15 is 9.59 Å². The van der Waals surface area contributed by atoms with Crippen molar-refractivity contribution >= 4 is 39.0 Å². The average Bonchev–Trinajstić information content (AvgIpc) is 1.65. The number of aromatic hydroxyl groups is 1. The molecule has 24 atom stereocenters. The van der Waals surface area contributed by atoms with Gasteiger partial charge in [-0.2, -0.15) is 0 Å². The molecule has 17 rings (SSSR count). The molecule has 3 saturated heterocycles. The number of amides is 1. The van der Waals surface area contributed by atoms with Crippen molar-refractivity contribution in [2.45, 2.75) is 214 Å². The highest BCUT2D eigenvalue weighted by Crippen LogP contribution is 2.77. The zero-order chi connectivity index (χ0) is 60.8. The summed E-state index contributed by atoms with van der Waals surface area (Å²) in [5, 5.41) is 119. The highest BCUT2D eigenvalue weighted by Gasteiger charge is 2.80. The van der Waals surface area contributed by atoms with E-state index in [2.05, 4.69) is 50.4 Å². The molecule has 476 valence electrons. The molecular formula is C70H96N2O13S2. The number of epoxide rings is 1. The van der Waals surface area contributed by atoms with Crippen LogP contribution in [0.2, 0.25) is 0 Å². The predicted molar refractivity (Wildman–Crippen MR) is 332 cm³/mol. The number of ketones is 1. The summed E-state index contributed by atoms with van der Waals surface area (Å²) in [6.07, 6.45) is 20.1. The fourth-order valence-corrected chi connectivity index (χ4v) is 27.1. The summed E-state index contributed by atoms with van der Waals surface area (Å²) < 4.78 is 12.9. The molecule has 9 aliphatic carbocycles. The highest BCUT2D eigenvalue weighted by atomic mass is 33.1. The van der Waals surface area contributed by atoms with E-state index in [0.29, 0.717) is 86.8 Å². The molecule has 10 N–H and O–H groups in total. The Kier molecular flexibility index (Phi) is 14.6. The van der Waals surface area contributed by atoms with Crippen LogP contribution < -0.4 is 10.2 Å². The monoisotopic (exact) mass is 1240 g/mol. The van der Waals surface area contributed by atoms with Gasteiger partial charge in [0, 0.05) is 64.9 Å². The maximum absolute atomic E-state index is 16.8. The van der Waals surface area contributed by atoms with Gasteiger partial charge in [0.05, 0.1) is 54.1 Å². The van der Waals surface area contributed by atoms with E-state index in [1.807, 2.05) is 24.0 Å². The number of nitrogens with zero attached hydrogens (tertiary/aromatic N) is 1. The molecule has 0 aromatic heterocycles. The molecule has 1 aromatic rings. The maximum Gasteiger partial charge on any atom is 0.234 e. The number of allylic oxidation sites excluding steroid dienone is 3. The van der Waals surface area contributed by atoms with Crippen LogP contribution in [0.4, 0.5) is 5.69 Å². The molecule has 17 heteroatoms. The molecule has 0 unspecified atom stereocenters. The molecule has 8 bridgehead atoms. The van der Waals surface area contributed by atoms with Crippen LogP contribution in [0.1, 0.15) is 149 Å². The van der Waals surface area contributed by atoms with Gasteiger partial charge in [0.2, 0.25) is 5.91 Å². The van der Waals surface area contributed by atoms with Gasteiger partial charge in [-0.1, -0.05) is 98.9 Å². The van der Waals surface area contributed by atoms with E-state index in [9.17, 15) is 46.0 Å². The number of carbonyl (C=O) groups is 2. The number of nitrogens with one attached hydrogen (secondary N) is 1. The van der Waals surface area contributed by atoms with Crippen LogP contribution in [0.3, 0.4) is 0 Å². The third-order valence-electron chi connectivity index (χ3n) is 28.3. The van der Waals surface area contributed by atoms with Gasteiger partial charge >= 0.3 is 0 Å². The second kappa shape index (κ2) is 20.9. The molecule has 0 radical (unpaired) electrons. The third kappa shape index (κ3) is 8.08. The van der Waals surface area contributed by atoms with Gasteiger partial charge in [0.15, 0.2) is 5.78 Å². The Hall–Kier alpha value is -2.62. The van der Waals surface area contributed by atoms with Crippen molar-refractivity contribution in [2.24, 2.45) is 86.3 Å². The van der Waals surface area contributed by atoms with E-state index < -0.39 is 110 Å². The van der Waals surface area contributed by atoms with Gasteiger partial charge in [-0.3, -0.25) is 9.59 Å². The summed E-state index contributed by atoms with van der Waals surface area (Å²) in [6, 6.07) is 5.36.